The summed E-state index contributed by atoms with van der Waals surface area (Å²) in [5.41, 5.74) is -2.07. The number of carboxylic acids is 2. The van der Waals surface area contributed by atoms with Gasteiger partial charge in [0.2, 0.25) is 11.8 Å². The van der Waals surface area contributed by atoms with Crippen molar-refractivity contribution >= 4 is 53.4 Å². The minimum absolute atomic E-state index is 0.180. The van der Waals surface area contributed by atoms with Crippen LogP contribution in [0, 0.1) is 20.2 Å². The first-order valence-corrected chi connectivity index (χ1v) is 9.42. The number of carboxylic acid groups (broad SMARTS) is 2. The zero-order valence-corrected chi connectivity index (χ0v) is 17.1. The minimum Gasteiger partial charge on any atom is -0.480 e. The molecule has 0 bridgehead atoms. The van der Waals surface area contributed by atoms with Gasteiger partial charge in [-0.3, -0.25) is 34.6 Å². The first kappa shape index (κ1) is 26.1. The van der Waals surface area contributed by atoms with Crippen LogP contribution in [0.3, 0.4) is 0 Å². The molecule has 0 aliphatic heterocycles. The predicted molar refractivity (Wildman–Crippen MR) is 110 cm³/mol. The summed E-state index contributed by atoms with van der Waals surface area (Å²) in [5, 5.41) is 46.8. The van der Waals surface area contributed by atoms with E-state index in [2.05, 4.69) is 28.6 Å². The molecule has 32 heavy (non-hydrogen) atoms. The van der Waals surface area contributed by atoms with E-state index in [1.54, 1.807) is 0 Å². The number of para-hydroxylation sites is 1. The number of nitrogens with zero attached hydrogens (tertiary/aromatic N) is 2. The van der Waals surface area contributed by atoms with Crippen LogP contribution in [0.15, 0.2) is 18.2 Å². The Morgan fingerprint density at radius 3 is 2.03 bits per heavy atom. The van der Waals surface area contributed by atoms with Gasteiger partial charge in [0.1, 0.15) is 18.6 Å². The van der Waals surface area contributed by atoms with Crippen LogP contribution < -0.4 is 16.0 Å². The Bertz CT molecular complexity index is 892. The van der Waals surface area contributed by atoms with Crippen molar-refractivity contribution in [2.24, 2.45) is 0 Å². The Hall–Kier alpha value is -3.95. The second-order valence-corrected chi connectivity index (χ2v) is 6.54. The first-order chi connectivity index (χ1) is 15.0. The maximum atomic E-state index is 12.1. The molecule has 2 amide bonds. The van der Waals surface area contributed by atoms with E-state index >= 15 is 0 Å². The quantitative estimate of drug-likeness (QED) is 0.124. The average Bonchev–Trinajstić information content (AvgIpc) is 2.72. The predicted octanol–water partition coefficient (Wildman–Crippen LogP) is -0.236. The second kappa shape index (κ2) is 12.0. The van der Waals surface area contributed by atoms with Gasteiger partial charge in [-0.05, 0) is 12.5 Å². The van der Waals surface area contributed by atoms with Gasteiger partial charge in [-0.25, -0.2) is 4.79 Å². The first-order valence-electron chi connectivity index (χ1n) is 8.78. The van der Waals surface area contributed by atoms with Crippen LogP contribution >= 0.6 is 12.6 Å². The largest absolute Gasteiger partial charge is 0.480 e. The highest BCUT2D eigenvalue weighted by molar-refractivity contribution is 7.80. The Morgan fingerprint density at radius 2 is 1.59 bits per heavy atom. The zero-order valence-electron chi connectivity index (χ0n) is 16.2. The van der Waals surface area contributed by atoms with Gasteiger partial charge in [-0.2, -0.15) is 12.6 Å². The number of nitro benzene ring substituents is 2. The molecule has 0 saturated carbocycles. The van der Waals surface area contributed by atoms with E-state index in [4.69, 9.17) is 5.11 Å². The highest BCUT2D eigenvalue weighted by Gasteiger charge is 2.30. The topological polar surface area (TPSA) is 231 Å². The lowest BCUT2D eigenvalue weighted by Gasteiger charge is -2.18. The fourth-order valence-electron chi connectivity index (χ4n) is 2.43. The monoisotopic (exact) mass is 473 g/mol. The Balaban J connectivity index is 2.90. The molecular formula is C16H19N5O10S. The zero-order chi connectivity index (χ0) is 24.4. The third-order valence-electron chi connectivity index (χ3n) is 3.94. The standard InChI is InChI=1S/C16H19N5O10S/c22-12(18-9(7-32)15(25)17-6-13(23)24)5-4-8(16(26)27)19-14-10(20(28)29)2-1-3-11(14)21(30)31/h1-3,8-9,19,32H,4-7H2,(H,17,25)(H,18,22)(H,23,24)(H,26,27)/t8-,9-/m0/s1. The summed E-state index contributed by atoms with van der Waals surface area (Å²) in [4.78, 5) is 66.5. The van der Waals surface area contributed by atoms with Crippen LogP contribution in [0.5, 0.6) is 0 Å². The molecule has 0 saturated heterocycles. The molecule has 0 spiro atoms. The second-order valence-electron chi connectivity index (χ2n) is 6.17. The summed E-state index contributed by atoms with van der Waals surface area (Å²) in [6, 6.07) is 0.160. The normalized spacial score (nSPS) is 12.2. The number of hydrogen-bond donors (Lipinski definition) is 6. The maximum Gasteiger partial charge on any atom is 0.326 e. The molecule has 1 aromatic rings. The van der Waals surface area contributed by atoms with Gasteiger partial charge >= 0.3 is 11.9 Å². The number of nitrogens with one attached hydrogen (secondary N) is 3. The number of carbonyl (C=O) groups excluding carboxylic acids is 2. The van der Waals surface area contributed by atoms with Gasteiger partial charge in [0, 0.05) is 24.3 Å². The fourth-order valence-corrected chi connectivity index (χ4v) is 2.69. The summed E-state index contributed by atoms with van der Waals surface area (Å²) < 4.78 is 0. The van der Waals surface area contributed by atoms with Gasteiger partial charge < -0.3 is 26.2 Å². The highest BCUT2D eigenvalue weighted by atomic mass is 32.1. The highest BCUT2D eigenvalue weighted by Crippen LogP contribution is 2.34. The van der Waals surface area contributed by atoms with Crippen LogP contribution in [0.1, 0.15) is 12.8 Å². The molecule has 0 heterocycles. The summed E-state index contributed by atoms with van der Waals surface area (Å²) in [6.45, 7) is -0.682. The van der Waals surface area contributed by atoms with Gasteiger partial charge in [0.05, 0.1) is 9.85 Å². The van der Waals surface area contributed by atoms with Gasteiger partial charge in [-0.15, -0.1) is 0 Å². The minimum atomic E-state index is -1.61. The molecular weight excluding hydrogens is 454 g/mol. The summed E-state index contributed by atoms with van der Waals surface area (Å²) in [7, 11) is 0. The molecule has 1 rings (SSSR count). The fraction of sp³-hybridized carbons (Fsp3) is 0.375. The van der Waals surface area contributed by atoms with Crippen molar-refractivity contribution < 1.29 is 39.2 Å². The molecule has 16 heteroatoms. The molecule has 174 valence electrons. The van der Waals surface area contributed by atoms with E-state index in [0.717, 1.165) is 18.2 Å². The van der Waals surface area contributed by atoms with E-state index in [-0.39, 0.29) is 5.75 Å². The summed E-state index contributed by atoms with van der Waals surface area (Å²) in [5.74, 6) is -4.63. The van der Waals surface area contributed by atoms with Gasteiger partial charge in [0.25, 0.3) is 11.4 Å². The van der Waals surface area contributed by atoms with E-state index < -0.39 is 82.1 Å². The van der Waals surface area contributed by atoms with E-state index in [1.807, 2.05) is 0 Å². The Labute approximate surface area is 184 Å². The molecule has 5 N–H and O–H groups in total. The van der Waals surface area contributed by atoms with E-state index in [9.17, 15) is 44.5 Å². The summed E-state index contributed by atoms with van der Waals surface area (Å²) >= 11 is 3.89. The Kier molecular flexibility index (Phi) is 9.81. The maximum absolute atomic E-state index is 12.1. The van der Waals surface area contributed by atoms with Crippen LogP contribution in [-0.4, -0.2) is 68.2 Å². The van der Waals surface area contributed by atoms with Crippen LogP contribution in [0.25, 0.3) is 0 Å². The van der Waals surface area contributed by atoms with Crippen molar-refractivity contribution in [3.63, 3.8) is 0 Å². The summed E-state index contributed by atoms with van der Waals surface area (Å²) in [6.07, 6.45) is -0.921. The average molecular weight is 473 g/mol. The van der Waals surface area contributed by atoms with Crippen LogP contribution in [0.2, 0.25) is 0 Å². The number of carbonyl (C=O) groups is 4. The lowest BCUT2D eigenvalue weighted by atomic mass is 10.1. The van der Waals surface area contributed by atoms with Crippen molar-refractivity contribution in [1.82, 2.24) is 10.6 Å². The van der Waals surface area contributed by atoms with Crippen molar-refractivity contribution in [2.45, 2.75) is 24.9 Å². The third kappa shape index (κ3) is 7.71. The van der Waals surface area contributed by atoms with E-state index in [1.165, 1.54) is 0 Å². The van der Waals surface area contributed by atoms with Gasteiger partial charge in [0.15, 0.2) is 5.69 Å². The molecule has 15 nitrogen and oxygen atoms in total. The van der Waals surface area contributed by atoms with Crippen molar-refractivity contribution in [1.29, 1.82) is 0 Å². The number of aliphatic carboxylic acids is 2. The molecule has 2 atom stereocenters. The molecule has 1 aromatic carbocycles. The van der Waals surface area contributed by atoms with Crippen molar-refractivity contribution in [2.75, 3.05) is 17.6 Å². The smallest absolute Gasteiger partial charge is 0.326 e. The number of thiol groups is 1. The van der Waals surface area contributed by atoms with Crippen LogP contribution in [0.4, 0.5) is 17.1 Å². The van der Waals surface area contributed by atoms with E-state index in [0.29, 0.717) is 0 Å². The SMILES string of the molecule is O=C(O)CNC(=O)[C@H](CS)NC(=O)CC[C@H](Nc1c([N+](=O)[O-])cccc1[N+](=O)[O-])C(=O)O. The molecule has 0 aromatic heterocycles. The number of anilines is 1. The number of hydrogen-bond acceptors (Lipinski definition) is 10. The molecule has 0 aliphatic carbocycles. The number of benzene rings is 1. The lowest BCUT2D eigenvalue weighted by molar-refractivity contribution is -0.392. The number of nitro groups is 2. The molecule has 0 fully saturated rings. The van der Waals surface area contributed by atoms with Crippen molar-refractivity contribution in [3.05, 3.63) is 38.4 Å². The number of amides is 2. The van der Waals surface area contributed by atoms with Crippen molar-refractivity contribution in [3.8, 4) is 0 Å². The number of rotatable bonds is 13. The molecule has 0 radical (unpaired) electrons. The molecule has 0 aliphatic rings. The van der Waals surface area contributed by atoms with Gasteiger partial charge in [-0.1, -0.05) is 0 Å². The lowest BCUT2D eigenvalue weighted by Crippen LogP contribution is -2.49. The Morgan fingerprint density at radius 1 is 1.03 bits per heavy atom. The molecule has 0 unspecified atom stereocenters. The third-order valence-corrected chi connectivity index (χ3v) is 4.30. The van der Waals surface area contributed by atoms with Crippen LogP contribution in [-0.2, 0) is 19.2 Å².